The highest BCUT2D eigenvalue weighted by molar-refractivity contribution is 6.07. The lowest BCUT2D eigenvalue weighted by atomic mass is 9.77. The van der Waals surface area contributed by atoms with Crippen LogP contribution in [-0.4, -0.2) is 22.3 Å². The molecule has 0 bridgehead atoms. The van der Waals surface area contributed by atoms with Crippen molar-refractivity contribution in [3.63, 3.8) is 0 Å². The molecule has 3 rings (SSSR count). The largest absolute Gasteiger partial charge is 0.342 e. The Morgan fingerprint density at radius 1 is 1.19 bits per heavy atom. The highest BCUT2D eigenvalue weighted by Crippen LogP contribution is 2.36. The van der Waals surface area contributed by atoms with Crippen molar-refractivity contribution in [3.8, 4) is 0 Å². The number of carbonyl (C=O) groups is 1. The molecule has 1 saturated carbocycles. The highest BCUT2D eigenvalue weighted by Gasteiger charge is 2.49. The minimum atomic E-state index is -0.556. The maximum atomic E-state index is 13.4. The molecule has 0 aromatic heterocycles. The minimum Gasteiger partial charge on any atom is -0.342 e. The minimum absolute atomic E-state index is 0.113. The van der Waals surface area contributed by atoms with Gasteiger partial charge in [0.2, 0.25) is 0 Å². The fourth-order valence-corrected chi connectivity index (χ4v) is 4.51. The highest BCUT2D eigenvalue weighted by atomic mass is 16.2. The van der Waals surface area contributed by atoms with Gasteiger partial charge >= 0.3 is 0 Å². The van der Waals surface area contributed by atoms with Crippen molar-refractivity contribution in [1.29, 1.82) is 5.41 Å². The second kappa shape index (κ2) is 8.24. The smallest absolute Gasteiger partial charge is 0.255 e. The molecular weight excluding hydrogens is 322 g/mol. The first-order valence-corrected chi connectivity index (χ1v) is 10.3. The molecule has 1 heterocycles. The first-order valence-electron chi connectivity index (χ1n) is 10.3. The van der Waals surface area contributed by atoms with Crippen molar-refractivity contribution in [2.75, 3.05) is 0 Å². The van der Waals surface area contributed by atoms with Gasteiger partial charge in [-0.1, -0.05) is 81.7 Å². The molecular formula is C22H33N3O. The molecule has 142 valence electrons. The molecule has 2 aliphatic rings. The van der Waals surface area contributed by atoms with E-state index in [2.05, 4.69) is 43.4 Å². The molecule has 1 saturated heterocycles. The van der Waals surface area contributed by atoms with E-state index < -0.39 is 5.54 Å². The number of nitrogens with zero attached hydrogens (tertiary/aromatic N) is 1. The lowest BCUT2D eigenvalue weighted by Gasteiger charge is -2.33. The zero-order valence-corrected chi connectivity index (χ0v) is 16.3. The Balaban J connectivity index is 1.77. The van der Waals surface area contributed by atoms with Crippen LogP contribution in [0.3, 0.4) is 0 Å². The van der Waals surface area contributed by atoms with Gasteiger partial charge in [-0.05, 0) is 31.2 Å². The number of benzene rings is 1. The lowest BCUT2D eigenvalue weighted by molar-refractivity contribution is -0.132. The average Bonchev–Trinajstić information content (AvgIpc) is 2.87. The molecule has 2 fully saturated rings. The summed E-state index contributed by atoms with van der Waals surface area (Å²) < 4.78 is 0. The van der Waals surface area contributed by atoms with E-state index in [1.54, 1.807) is 4.90 Å². The van der Waals surface area contributed by atoms with Crippen LogP contribution < -0.4 is 5.32 Å². The number of guanidine groups is 1. The fraction of sp³-hybridized carbons (Fsp3) is 0.636. The quantitative estimate of drug-likeness (QED) is 0.741. The third-order valence-corrected chi connectivity index (χ3v) is 6.06. The van der Waals surface area contributed by atoms with Crippen LogP contribution >= 0.6 is 0 Å². The third-order valence-electron chi connectivity index (χ3n) is 6.06. The van der Waals surface area contributed by atoms with Gasteiger partial charge in [0.15, 0.2) is 5.96 Å². The van der Waals surface area contributed by atoms with Crippen LogP contribution in [0, 0.1) is 18.3 Å². The molecule has 1 amide bonds. The van der Waals surface area contributed by atoms with Crippen LogP contribution in [0.15, 0.2) is 24.3 Å². The van der Waals surface area contributed by atoms with Gasteiger partial charge in [-0.25, -0.2) is 0 Å². The predicted octanol–water partition coefficient (Wildman–Crippen LogP) is 4.76. The maximum Gasteiger partial charge on any atom is 0.255 e. The summed E-state index contributed by atoms with van der Waals surface area (Å²) in [5.41, 5.74) is 1.74. The van der Waals surface area contributed by atoms with E-state index in [0.717, 1.165) is 31.2 Å². The molecule has 4 nitrogen and oxygen atoms in total. The van der Waals surface area contributed by atoms with Crippen LogP contribution in [0.2, 0.25) is 0 Å². The first-order chi connectivity index (χ1) is 12.5. The van der Waals surface area contributed by atoms with Gasteiger partial charge in [-0.2, -0.15) is 0 Å². The van der Waals surface area contributed by atoms with E-state index in [1.807, 2.05) is 0 Å². The molecule has 1 aliphatic carbocycles. The van der Waals surface area contributed by atoms with E-state index in [0.29, 0.717) is 12.5 Å². The van der Waals surface area contributed by atoms with Crippen molar-refractivity contribution >= 4 is 11.9 Å². The Bertz CT molecular complexity index is 633. The van der Waals surface area contributed by atoms with Crippen LogP contribution in [0.4, 0.5) is 0 Å². The van der Waals surface area contributed by atoms with Crippen molar-refractivity contribution in [2.45, 2.75) is 83.7 Å². The normalized spacial score (nSPS) is 24.2. The number of amides is 1. The van der Waals surface area contributed by atoms with Crippen molar-refractivity contribution in [2.24, 2.45) is 5.92 Å². The number of hydrogen-bond donors (Lipinski definition) is 2. The number of carbonyl (C=O) groups excluding carboxylic acids is 1. The van der Waals surface area contributed by atoms with E-state index in [1.165, 1.54) is 37.7 Å². The van der Waals surface area contributed by atoms with Gasteiger partial charge in [0.1, 0.15) is 5.54 Å². The number of nitrogens with one attached hydrogen (secondary N) is 2. The monoisotopic (exact) mass is 355 g/mol. The predicted molar refractivity (Wildman–Crippen MR) is 106 cm³/mol. The molecule has 0 spiro atoms. The summed E-state index contributed by atoms with van der Waals surface area (Å²) in [4.78, 5) is 15.1. The summed E-state index contributed by atoms with van der Waals surface area (Å²) in [5, 5.41) is 11.8. The van der Waals surface area contributed by atoms with Crippen molar-refractivity contribution in [1.82, 2.24) is 10.2 Å². The molecule has 1 aliphatic heterocycles. The lowest BCUT2D eigenvalue weighted by Crippen LogP contribution is -2.48. The third kappa shape index (κ3) is 4.11. The molecule has 2 N–H and O–H groups in total. The first kappa shape index (κ1) is 18.9. The van der Waals surface area contributed by atoms with Crippen LogP contribution in [0.25, 0.3) is 0 Å². The van der Waals surface area contributed by atoms with Crippen LogP contribution in [0.1, 0.15) is 75.8 Å². The van der Waals surface area contributed by atoms with Gasteiger partial charge in [0.25, 0.3) is 5.91 Å². The number of aryl methyl sites for hydroxylation is 1. The Morgan fingerprint density at radius 2 is 1.88 bits per heavy atom. The summed E-state index contributed by atoms with van der Waals surface area (Å²) in [7, 11) is 0. The summed E-state index contributed by atoms with van der Waals surface area (Å²) in [6.45, 7) is 4.72. The topological polar surface area (TPSA) is 56.2 Å². The van der Waals surface area contributed by atoms with Gasteiger partial charge in [0, 0.05) is 0 Å². The Labute approximate surface area is 157 Å². The van der Waals surface area contributed by atoms with Gasteiger partial charge < -0.3 is 5.32 Å². The van der Waals surface area contributed by atoms with E-state index in [9.17, 15) is 4.79 Å². The number of unbranched alkanes of at least 4 members (excludes halogenated alkanes) is 1. The molecule has 1 aromatic carbocycles. The number of hydrogen-bond acceptors (Lipinski definition) is 2. The molecule has 1 aromatic rings. The van der Waals surface area contributed by atoms with Gasteiger partial charge in [-0.3, -0.25) is 15.1 Å². The molecule has 0 radical (unpaired) electrons. The summed E-state index contributed by atoms with van der Waals surface area (Å²) in [6.07, 6.45) is 10.2. The van der Waals surface area contributed by atoms with Crippen LogP contribution in [-0.2, 0) is 11.3 Å². The Morgan fingerprint density at radius 3 is 2.54 bits per heavy atom. The summed E-state index contributed by atoms with van der Waals surface area (Å²) in [5.74, 6) is 1.01. The summed E-state index contributed by atoms with van der Waals surface area (Å²) in [6, 6.07) is 8.25. The van der Waals surface area contributed by atoms with Crippen LogP contribution in [0.5, 0.6) is 0 Å². The maximum absolute atomic E-state index is 13.4. The van der Waals surface area contributed by atoms with E-state index in [-0.39, 0.29) is 11.9 Å². The molecule has 1 unspecified atom stereocenters. The Kier molecular flexibility index (Phi) is 6.00. The van der Waals surface area contributed by atoms with Crippen molar-refractivity contribution in [3.05, 3.63) is 35.4 Å². The SMILES string of the molecule is CCCCC1(CC2CCCCC2)NC(=N)N(Cc2ccc(C)cc2)C1=O. The van der Waals surface area contributed by atoms with E-state index >= 15 is 0 Å². The fourth-order valence-electron chi connectivity index (χ4n) is 4.51. The van der Waals surface area contributed by atoms with E-state index in [4.69, 9.17) is 5.41 Å². The Hall–Kier alpha value is -1.84. The summed E-state index contributed by atoms with van der Waals surface area (Å²) >= 11 is 0. The molecule has 1 atom stereocenters. The van der Waals surface area contributed by atoms with Gasteiger partial charge in [-0.15, -0.1) is 0 Å². The second-order valence-corrected chi connectivity index (χ2v) is 8.24. The molecule has 26 heavy (non-hydrogen) atoms. The van der Waals surface area contributed by atoms with Crippen molar-refractivity contribution < 1.29 is 4.79 Å². The number of rotatable bonds is 7. The average molecular weight is 356 g/mol. The second-order valence-electron chi connectivity index (χ2n) is 8.24. The standard InChI is InChI=1S/C22H33N3O/c1-3-4-14-22(15-18-8-6-5-7-9-18)20(26)25(21(23)24-22)16-19-12-10-17(2)11-13-19/h10-13,18H,3-9,14-16H2,1-2H3,(H2,23,24). The van der Waals surface area contributed by atoms with Gasteiger partial charge in [0.05, 0.1) is 6.54 Å². The zero-order valence-electron chi connectivity index (χ0n) is 16.3. The zero-order chi connectivity index (χ0) is 18.6. The molecule has 4 heteroatoms.